The van der Waals surface area contributed by atoms with E-state index in [0.29, 0.717) is 35.8 Å². The van der Waals surface area contributed by atoms with Gasteiger partial charge in [-0.1, -0.05) is 22.9 Å². The maximum Gasteiger partial charge on any atom is 0.243 e. The standard InChI is InChI=1S/C27H28N4O5S/c1-19-4-8-24(9-5-19)36-18-22-17-31(29-28-22)23-6-10-25(11-7-23)37(32,33)30-13-12-20-14-26(34-2)27(35-3)15-21(20)16-30/h4-11,14-15,17H,12-13,16,18H2,1-3H3. The van der Waals surface area contributed by atoms with E-state index in [0.717, 1.165) is 22.4 Å². The van der Waals surface area contributed by atoms with Gasteiger partial charge in [0.05, 0.1) is 31.0 Å². The van der Waals surface area contributed by atoms with Crippen LogP contribution in [0.2, 0.25) is 0 Å². The number of rotatable bonds is 8. The zero-order chi connectivity index (χ0) is 26.0. The van der Waals surface area contributed by atoms with E-state index in [9.17, 15) is 8.42 Å². The Morgan fingerprint density at radius 3 is 2.27 bits per heavy atom. The van der Waals surface area contributed by atoms with E-state index in [2.05, 4.69) is 10.3 Å². The second-order valence-electron chi connectivity index (χ2n) is 8.81. The molecule has 0 spiro atoms. The van der Waals surface area contributed by atoms with Gasteiger partial charge in [0.2, 0.25) is 10.0 Å². The van der Waals surface area contributed by atoms with Crippen LogP contribution in [0.3, 0.4) is 0 Å². The van der Waals surface area contributed by atoms with E-state index in [-0.39, 0.29) is 18.0 Å². The molecule has 5 rings (SSSR count). The molecule has 0 amide bonds. The Morgan fingerprint density at radius 1 is 0.919 bits per heavy atom. The molecule has 0 saturated carbocycles. The molecule has 37 heavy (non-hydrogen) atoms. The van der Waals surface area contributed by atoms with Crippen LogP contribution in [0.4, 0.5) is 0 Å². The van der Waals surface area contributed by atoms with E-state index in [1.54, 1.807) is 49.4 Å². The summed E-state index contributed by atoms with van der Waals surface area (Å²) in [6.45, 7) is 2.96. The molecule has 3 aromatic carbocycles. The van der Waals surface area contributed by atoms with E-state index in [1.807, 2.05) is 43.3 Å². The Morgan fingerprint density at radius 2 is 1.59 bits per heavy atom. The lowest BCUT2D eigenvalue weighted by Gasteiger charge is -2.29. The van der Waals surface area contributed by atoms with Crippen LogP contribution in [0.25, 0.3) is 5.69 Å². The summed E-state index contributed by atoms with van der Waals surface area (Å²) in [6.07, 6.45) is 2.36. The highest BCUT2D eigenvalue weighted by Gasteiger charge is 2.29. The molecule has 192 valence electrons. The van der Waals surface area contributed by atoms with E-state index in [1.165, 1.54) is 4.31 Å². The van der Waals surface area contributed by atoms with Crippen molar-refractivity contribution in [2.45, 2.75) is 31.4 Å². The number of hydrogen-bond donors (Lipinski definition) is 0. The molecule has 1 aromatic heterocycles. The number of nitrogens with zero attached hydrogens (tertiary/aromatic N) is 4. The van der Waals surface area contributed by atoms with Gasteiger partial charge < -0.3 is 14.2 Å². The minimum atomic E-state index is -3.68. The summed E-state index contributed by atoms with van der Waals surface area (Å²) in [6, 6.07) is 18.2. The van der Waals surface area contributed by atoms with Crippen molar-refractivity contribution < 1.29 is 22.6 Å². The molecular formula is C27H28N4O5S. The van der Waals surface area contributed by atoms with Crippen LogP contribution >= 0.6 is 0 Å². The topological polar surface area (TPSA) is 95.8 Å². The summed E-state index contributed by atoms with van der Waals surface area (Å²) in [4.78, 5) is 0.225. The van der Waals surface area contributed by atoms with E-state index < -0.39 is 10.0 Å². The third kappa shape index (κ3) is 5.16. The van der Waals surface area contributed by atoms with Crippen LogP contribution < -0.4 is 14.2 Å². The smallest absolute Gasteiger partial charge is 0.243 e. The summed E-state index contributed by atoms with van der Waals surface area (Å²) in [7, 11) is -0.522. The number of benzene rings is 3. The van der Waals surface area contributed by atoms with Gasteiger partial charge >= 0.3 is 0 Å². The van der Waals surface area contributed by atoms with E-state index in [4.69, 9.17) is 14.2 Å². The molecule has 0 radical (unpaired) electrons. The average molecular weight is 521 g/mol. The molecule has 0 atom stereocenters. The monoisotopic (exact) mass is 520 g/mol. The molecular weight excluding hydrogens is 492 g/mol. The molecule has 0 fully saturated rings. The van der Waals surface area contributed by atoms with Crippen molar-refractivity contribution in [1.29, 1.82) is 0 Å². The largest absolute Gasteiger partial charge is 0.493 e. The first-order chi connectivity index (χ1) is 17.9. The van der Waals surface area contributed by atoms with Crippen LogP contribution in [0.1, 0.15) is 22.4 Å². The molecule has 0 aliphatic carbocycles. The first-order valence-electron chi connectivity index (χ1n) is 11.8. The van der Waals surface area contributed by atoms with Crippen molar-refractivity contribution in [2.24, 2.45) is 0 Å². The molecule has 0 N–H and O–H groups in total. The first kappa shape index (κ1) is 24.8. The van der Waals surface area contributed by atoms with Crippen molar-refractivity contribution in [3.05, 3.63) is 89.2 Å². The second kappa shape index (κ2) is 10.2. The Bertz CT molecular complexity index is 1500. The van der Waals surface area contributed by atoms with Crippen LogP contribution in [0, 0.1) is 6.92 Å². The second-order valence-corrected chi connectivity index (χ2v) is 10.8. The number of fused-ring (bicyclic) bond motifs is 1. The quantitative estimate of drug-likeness (QED) is 0.347. The van der Waals surface area contributed by atoms with Crippen molar-refractivity contribution in [3.63, 3.8) is 0 Å². The Balaban J connectivity index is 1.28. The summed E-state index contributed by atoms with van der Waals surface area (Å²) >= 11 is 0. The number of aromatic nitrogens is 3. The molecule has 1 aliphatic rings. The van der Waals surface area contributed by atoms with Crippen LogP contribution in [0.5, 0.6) is 17.2 Å². The third-order valence-corrected chi connectivity index (χ3v) is 8.23. The van der Waals surface area contributed by atoms with Gasteiger partial charge in [-0.05, 0) is 73.0 Å². The third-order valence-electron chi connectivity index (χ3n) is 6.37. The van der Waals surface area contributed by atoms with Crippen molar-refractivity contribution in [2.75, 3.05) is 20.8 Å². The van der Waals surface area contributed by atoms with Crippen molar-refractivity contribution >= 4 is 10.0 Å². The van der Waals surface area contributed by atoms with Crippen LogP contribution in [-0.2, 0) is 29.6 Å². The fourth-order valence-electron chi connectivity index (χ4n) is 4.26. The Labute approximate surface area is 216 Å². The lowest BCUT2D eigenvalue weighted by atomic mass is 10.0. The van der Waals surface area contributed by atoms with E-state index >= 15 is 0 Å². The highest BCUT2D eigenvalue weighted by molar-refractivity contribution is 7.89. The number of sulfonamides is 1. The number of hydrogen-bond acceptors (Lipinski definition) is 7. The molecule has 2 heterocycles. The SMILES string of the molecule is COc1cc2c(cc1OC)CN(S(=O)(=O)c1ccc(-n3cc(COc4ccc(C)cc4)nn3)cc1)CC2. The van der Waals surface area contributed by atoms with Crippen LogP contribution in [-0.4, -0.2) is 48.5 Å². The first-order valence-corrected chi connectivity index (χ1v) is 13.3. The van der Waals surface area contributed by atoms with Gasteiger partial charge in [-0.15, -0.1) is 5.10 Å². The van der Waals surface area contributed by atoms with Gasteiger partial charge in [0.15, 0.2) is 11.5 Å². The predicted octanol–water partition coefficient (Wildman–Crippen LogP) is 3.92. The molecule has 9 nitrogen and oxygen atoms in total. The predicted molar refractivity (Wildman–Crippen MR) is 138 cm³/mol. The van der Waals surface area contributed by atoms with Crippen molar-refractivity contribution in [3.8, 4) is 22.9 Å². The fourth-order valence-corrected chi connectivity index (χ4v) is 5.68. The Hall–Kier alpha value is -3.89. The molecule has 4 aromatic rings. The summed E-state index contributed by atoms with van der Waals surface area (Å²) in [5, 5.41) is 8.31. The summed E-state index contributed by atoms with van der Waals surface area (Å²) in [5.41, 5.74) is 4.50. The van der Waals surface area contributed by atoms with Crippen LogP contribution in [0.15, 0.2) is 71.8 Å². The lowest BCUT2D eigenvalue weighted by molar-refractivity contribution is 0.301. The van der Waals surface area contributed by atoms with Gasteiger partial charge in [0.25, 0.3) is 0 Å². The molecule has 0 bridgehead atoms. The van der Waals surface area contributed by atoms with Gasteiger partial charge in [-0.25, -0.2) is 13.1 Å². The lowest BCUT2D eigenvalue weighted by Crippen LogP contribution is -2.36. The average Bonchev–Trinajstić information content (AvgIpc) is 3.40. The maximum atomic E-state index is 13.4. The highest BCUT2D eigenvalue weighted by atomic mass is 32.2. The number of methoxy groups -OCH3 is 2. The van der Waals surface area contributed by atoms with Gasteiger partial charge in [0.1, 0.15) is 18.1 Å². The fraction of sp³-hybridized carbons (Fsp3) is 0.259. The molecule has 0 unspecified atom stereocenters. The van der Waals surface area contributed by atoms with Crippen molar-refractivity contribution in [1.82, 2.24) is 19.3 Å². The molecule has 10 heteroatoms. The Kier molecular flexibility index (Phi) is 6.86. The molecule has 1 aliphatic heterocycles. The zero-order valence-corrected chi connectivity index (χ0v) is 21.7. The minimum absolute atomic E-state index is 0.225. The maximum absolute atomic E-state index is 13.4. The molecule has 0 saturated heterocycles. The van der Waals surface area contributed by atoms with Gasteiger partial charge in [-0.3, -0.25) is 0 Å². The zero-order valence-electron chi connectivity index (χ0n) is 20.9. The minimum Gasteiger partial charge on any atom is -0.493 e. The highest BCUT2D eigenvalue weighted by Crippen LogP contribution is 2.34. The normalized spacial score (nSPS) is 13.7. The summed E-state index contributed by atoms with van der Waals surface area (Å²) in [5.74, 6) is 1.99. The summed E-state index contributed by atoms with van der Waals surface area (Å²) < 4.78 is 46.4. The number of aryl methyl sites for hydroxylation is 1. The number of ether oxygens (including phenoxy) is 3. The van der Waals surface area contributed by atoms with Gasteiger partial charge in [0, 0.05) is 13.1 Å². The van der Waals surface area contributed by atoms with Gasteiger partial charge in [-0.2, -0.15) is 4.31 Å².